The van der Waals surface area contributed by atoms with E-state index in [0.717, 1.165) is 11.4 Å². The number of thiophene rings is 1. The molecule has 1 aromatic heterocycles. The number of aryl methyl sites for hydroxylation is 1. The van der Waals surface area contributed by atoms with Gasteiger partial charge in [0.1, 0.15) is 5.00 Å². The van der Waals surface area contributed by atoms with Crippen LogP contribution in [0.3, 0.4) is 0 Å². The lowest BCUT2D eigenvalue weighted by Crippen LogP contribution is -1.65. The Morgan fingerprint density at radius 1 is 1.70 bits per heavy atom. The minimum absolute atomic E-state index is 1.01. The Morgan fingerprint density at radius 3 is 3.00 bits per heavy atom. The summed E-state index contributed by atoms with van der Waals surface area (Å²) in [6.07, 6.45) is 2.95. The SMILES string of the molecule is CC/C=N\c1sccc1C. The van der Waals surface area contributed by atoms with Crippen molar-refractivity contribution in [3.8, 4) is 0 Å². The third-order valence-electron chi connectivity index (χ3n) is 1.23. The molecule has 1 aromatic rings. The van der Waals surface area contributed by atoms with Gasteiger partial charge in [-0.25, -0.2) is 0 Å². The standard InChI is InChI=1S/C8H11NS/c1-3-5-9-8-7(2)4-6-10-8/h4-6H,3H2,1-2H3/b9-5-. The summed E-state index contributed by atoms with van der Waals surface area (Å²) in [5.41, 5.74) is 1.27. The summed E-state index contributed by atoms with van der Waals surface area (Å²) in [4.78, 5) is 4.28. The highest BCUT2D eigenvalue weighted by molar-refractivity contribution is 7.14. The lowest BCUT2D eigenvalue weighted by molar-refractivity contribution is 1.31. The van der Waals surface area contributed by atoms with Gasteiger partial charge in [0.15, 0.2) is 0 Å². The molecular weight excluding hydrogens is 142 g/mol. The molecule has 1 rings (SSSR count). The van der Waals surface area contributed by atoms with Crippen LogP contribution in [0.15, 0.2) is 16.4 Å². The molecule has 0 saturated carbocycles. The van der Waals surface area contributed by atoms with Crippen molar-refractivity contribution >= 4 is 22.6 Å². The minimum Gasteiger partial charge on any atom is -0.250 e. The highest BCUT2D eigenvalue weighted by Gasteiger charge is 1.92. The van der Waals surface area contributed by atoms with Gasteiger partial charge in [0.25, 0.3) is 0 Å². The highest BCUT2D eigenvalue weighted by atomic mass is 32.1. The van der Waals surface area contributed by atoms with Crippen LogP contribution in [0.1, 0.15) is 18.9 Å². The first-order valence-corrected chi connectivity index (χ1v) is 4.29. The third kappa shape index (κ3) is 1.67. The van der Waals surface area contributed by atoms with Crippen LogP contribution in [0.4, 0.5) is 5.00 Å². The topological polar surface area (TPSA) is 12.4 Å². The summed E-state index contributed by atoms with van der Waals surface area (Å²) in [6, 6.07) is 2.09. The minimum atomic E-state index is 1.01. The van der Waals surface area contributed by atoms with Crippen molar-refractivity contribution in [2.45, 2.75) is 20.3 Å². The maximum atomic E-state index is 4.28. The summed E-state index contributed by atoms with van der Waals surface area (Å²) in [5, 5.41) is 3.21. The Balaban J connectivity index is 2.74. The summed E-state index contributed by atoms with van der Waals surface area (Å²) in [5.74, 6) is 0. The van der Waals surface area contributed by atoms with Crippen molar-refractivity contribution < 1.29 is 0 Å². The zero-order valence-electron chi connectivity index (χ0n) is 6.29. The van der Waals surface area contributed by atoms with Gasteiger partial charge in [0.2, 0.25) is 0 Å². The number of nitrogens with zero attached hydrogens (tertiary/aromatic N) is 1. The zero-order valence-corrected chi connectivity index (χ0v) is 7.11. The summed E-state index contributed by atoms with van der Waals surface area (Å²) in [7, 11) is 0. The summed E-state index contributed by atoms with van der Waals surface area (Å²) in [6.45, 7) is 4.17. The molecule has 0 amide bonds. The molecule has 0 aliphatic carbocycles. The lowest BCUT2D eigenvalue weighted by atomic mass is 10.4. The second-order valence-corrected chi connectivity index (χ2v) is 3.02. The van der Waals surface area contributed by atoms with Crippen LogP contribution in [0.2, 0.25) is 0 Å². The first-order chi connectivity index (χ1) is 4.84. The lowest BCUT2D eigenvalue weighted by Gasteiger charge is -1.86. The average Bonchev–Trinajstić information content (AvgIpc) is 2.31. The third-order valence-corrected chi connectivity index (χ3v) is 2.15. The van der Waals surface area contributed by atoms with E-state index >= 15 is 0 Å². The van der Waals surface area contributed by atoms with Crippen LogP contribution in [-0.4, -0.2) is 6.21 Å². The predicted octanol–water partition coefficient (Wildman–Crippen LogP) is 3.17. The maximum Gasteiger partial charge on any atom is 0.118 e. The van der Waals surface area contributed by atoms with E-state index in [1.807, 2.05) is 6.21 Å². The Kier molecular flexibility index (Phi) is 2.63. The van der Waals surface area contributed by atoms with Gasteiger partial charge in [-0.2, -0.15) is 0 Å². The molecule has 2 heteroatoms. The van der Waals surface area contributed by atoms with Crippen LogP contribution in [0.5, 0.6) is 0 Å². The van der Waals surface area contributed by atoms with Gasteiger partial charge in [0.05, 0.1) is 0 Å². The molecule has 54 valence electrons. The Bertz CT molecular complexity index is 225. The van der Waals surface area contributed by atoms with Gasteiger partial charge >= 0.3 is 0 Å². The monoisotopic (exact) mass is 153 g/mol. The molecule has 0 fully saturated rings. The van der Waals surface area contributed by atoms with Crippen molar-refractivity contribution in [2.24, 2.45) is 4.99 Å². The highest BCUT2D eigenvalue weighted by Crippen LogP contribution is 2.24. The van der Waals surface area contributed by atoms with E-state index < -0.39 is 0 Å². The molecule has 1 heterocycles. The second kappa shape index (κ2) is 3.52. The number of hydrogen-bond acceptors (Lipinski definition) is 2. The van der Waals surface area contributed by atoms with Gasteiger partial charge < -0.3 is 0 Å². The van der Waals surface area contributed by atoms with E-state index in [1.54, 1.807) is 11.3 Å². The molecular formula is C8H11NS. The van der Waals surface area contributed by atoms with Crippen molar-refractivity contribution in [3.63, 3.8) is 0 Å². The van der Waals surface area contributed by atoms with Gasteiger partial charge in [-0.3, -0.25) is 4.99 Å². The first kappa shape index (κ1) is 7.48. The van der Waals surface area contributed by atoms with Gasteiger partial charge in [-0.1, -0.05) is 6.92 Å². The number of hydrogen-bond donors (Lipinski definition) is 0. The van der Waals surface area contributed by atoms with Crippen molar-refractivity contribution in [2.75, 3.05) is 0 Å². The number of aliphatic imine (C=N–C) groups is 1. The second-order valence-electron chi connectivity index (χ2n) is 2.13. The molecule has 0 atom stereocenters. The Morgan fingerprint density at radius 2 is 2.50 bits per heavy atom. The maximum absolute atomic E-state index is 4.28. The largest absolute Gasteiger partial charge is 0.250 e. The smallest absolute Gasteiger partial charge is 0.118 e. The normalized spacial score (nSPS) is 11.0. The molecule has 0 unspecified atom stereocenters. The fourth-order valence-electron chi connectivity index (χ4n) is 0.671. The molecule has 0 aliphatic rings. The van der Waals surface area contributed by atoms with Crippen molar-refractivity contribution in [3.05, 3.63) is 17.0 Å². The van der Waals surface area contributed by atoms with Crippen LogP contribution in [-0.2, 0) is 0 Å². The van der Waals surface area contributed by atoms with E-state index in [2.05, 4.69) is 30.3 Å². The van der Waals surface area contributed by atoms with E-state index in [4.69, 9.17) is 0 Å². The molecule has 0 bridgehead atoms. The Labute approximate surface area is 65.4 Å². The molecule has 0 aliphatic heterocycles. The van der Waals surface area contributed by atoms with Crippen LogP contribution in [0, 0.1) is 6.92 Å². The molecule has 0 radical (unpaired) electrons. The molecule has 0 saturated heterocycles. The molecule has 0 aromatic carbocycles. The van der Waals surface area contributed by atoms with E-state index in [0.29, 0.717) is 0 Å². The van der Waals surface area contributed by atoms with Gasteiger partial charge in [-0.15, -0.1) is 11.3 Å². The summed E-state index contributed by atoms with van der Waals surface area (Å²) < 4.78 is 0. The van der Waals surface area contributed by atoms with Gasteiger partial charge in [0, 0.05) is 6.21 Å². The van der Waals surface area contributed by atoms with Gasteiger partial charge in [-0.05, 0) is 30.4 Å². The Hall–Kier alpha value is -0.630. The van der Waals surface area contributed by atoms with E-state index in [1.165, 1.54) is 5.56 Å². The number of rotatable bonds is 2. The predicted molar refractivity (Wildman–Crippen MR) is 47.5 cm³/mol. The molecule has 10 heavy (non-hydrogen) atoms. The molecule has 1 nitrogen and oxygen atoms in total. The van der Waals surface area contributed by atoms with Crippen molar-refractivity contribution in [1.29, 1.82) is 0 Å². The molecule has 0 spiro atoms. The average molecular weight is 153 g/mol. The van der Waals surface area contributed by atoms with E-state index in [-0.39, 0.29) is 0 Å². The quantitative estimate of drug-likeness (QED) is 0.579. The summed E-state index contributed by atoms with van der Waals surface area (Å²) >= 11 is 1.69. The van der Waals surface area contributed by atoms with Crippen LogP contribution >= 0.6 is 11.3 Å². The first-order valence-electron chi connectivity index (χ1n) is 3.41. The van der Waals surface area contributed by atoms with Crippen LogP contribution < -0.4 is 0 Å². The fraction of sp³-hybridized carbons (Fsp3) is 0.375. The zero-order chi connectivity index (χ0) is 7.40. The fourth-order valence-corrected chi connectivity index (χ4v) is 1.46. The van der Waals surface area contributed by atoms with E-state index in [9.17, 15) is 0 Å². The van der Waals surface area contributed by atoms with Crippen molar-refractivity contribution in [1.82, 2.24) is 0 Å². The molecule has 0 N–H and O–H groups in total. The van der Waals surface area contributed by atoms with Crippen LogP contribution in [0.25, 0.3) is 0 Å².